The van der Waals surface area contributed by atoms with Crippen LogP contribution in [0.25, 0.3) is 0 Å². The average molecular weight is 413 g/mol. The van der Waals surface area contributed by atoms with Crippen LogP contribution in [0.2, 0.25) is 0 Å². The standard InChI is InChI=1S/C24H48N2O3/c1-7-8-9-10-11-12-13-14-15-16-17-18-20(25)22(27)21(19(2)3)26-23(28)29-24(4,5)6/h19-21H,7-18,25H2,1-6H3,(H,26,28)/t20?,21-/m0/s1. The summed E-state index contributed by atoms with van der Waals surface area (Å²) in [4.78, 5) is 24.7. The van der Waals surface area contributed by atoms with Crippen LogP contribution in [-0.2, 0) is 9.53 Å². The molecule has 0 spiro atoms. The lowest BCUT2D eigenvalue weighted by Crippen LogP contribution is -2.51. The lowest BCUT2D eigenvalue weighted by molar-refractivity contribution is -0.123. The molecule has 5 nitrogen and oxygen atoms in total. The third kappa shape index (κ3) is 15.4. The van der Waals surface area contributed by atoms with Crippen LogP contribution in [0.4, 0.5) is 4.79 Å². The molecule has 0 fully saturated rings. The zero-order valence-corrected chi connectivity index (χ0v) is 20.0. The van der Waals surface area contributed by atoms with E-state index in [4.69, 9.17) is 10.5 Å². The number of ketones is 1. The second-order valence-electron chi connectivity index (χ2n) is 9.70. The number of unbranched alkanes of at least 4 members (excludes halogenated alkanes) is 10. The molecule has 0 heterocycles. The van der Waals surface area contributed by atoms with Gasteiger partial charge in [-0.25, -0.2) is 4.79 Å². The fourth-order valence-electron chi connectivity index (χ4n) is 3.40. The topological polar surface area (TPSA) is 81.4 Å². The molecular weight excluding hydrogens is 364 g/mol. The van der Waals surface area contributed by atoms with Crippen LogP contribution in [0, 0.1) is 5.92 Å². The van der Waals surface area contributed by atoms with E-state index in [0.29, 0.717) is 6.42 Å². The summed E-state index contributed by atoms with van der Waals surface area (Å²) in [6.07, 6.45) is 14.1. The maximum atomic E-state index is 12.7. The molecule has 172 valence electrons. The fraction of sp³-hybridized carbons (Fsp3) is 0.917. The minimum Gasteiger partial charge on any atom is -0.444 e. The second-order valence-corrected chi connectivity index (χ2v) is 9.70. The summed E-state index contributed by atoms with van der Waals surface area (Å²) in [5.41, 5.74) is 5.55. The zero-order chi connectivity index (χ0) is 22.3. The molecule has 1 amide bonds. The molecule has 0 aliphatic carbocycles. The molecule has 0 aliphatic heterocycles. The number of nitrogens with one attached hydrogen (secondary N) is 1. The molecule has 2 atom stereocenters. The number of Topliss-reactive ketones (excluding diaryl/α,β-unsaturated/α-hetero) is 1. The van der Waals surface area contributed by atoms with Crippen LogP contribution in [0.5, 0.6) is 0 Å². The molecule has 0 bridgehead atoms. The summed E-state index contributed by atoms with van der Waals surface area (Å²) >= 11 is 0. The highest BCUT2D eigenvalue weighted by molar-refractivity contribution is 5.91. The van der Waals surface area contributed by atoms with Crippen LogP contribution in [0.15, 0.2) is 0 Å². The van der Waals surface area contributed by atoms with Gasteiger partial charge >= 0.3 is 6.09 Å². The van der Waals surface area contributed by atoms with Gasteiger partial charge in [-0.05, 0) is 33.1 Å². The highest BCUT2D eigenvalue weighted by Gasteiger charge is 2.29. The van der Waals surface area contributed by atoms with E-state index in [1.54, 1.807) is 20.8 Å². The van der Waals surface area contributed by atoms with Gasteiger partial charge in [-0.15, -0.1) is 0 Å². The molecule has 0 radical (unpaired) electrons. The summed E-state index contributed by atoms with van der Waals surface area (Å²) in [5, 5.41) is 2.71. The van der Waals surface area contributed by atoms with Gasteiger partial charge in [0.1, 0.15) is 5.60 Å². The SMILES string of the molecule is CCCCCCCCCCCCCC(N)C(=O)[C@@H](NC(=O)OC(C)(C)C)C(C)C. The van der Waals surface area contributed by atoms with Gasteiger partial charge < -0.3 is 15.8 Å². The Labute approximate surface area is 179 Å². The second kappa shape index (κ2) is 15.7. The quantitative estimate of drug-likeness (QED) is 0.299. The van der Waals surface area contributed by atoms with Crippen molar-refractivity contribution in [1.29, 1.82) is 0 Å². The normalized spacial score (nSPS) is 13.9. The van der Waals surface area contributed by atoms with E-state index in [2.05, 4.69) is 12.2 Å². The lowest BCUT2D eigenvalue weighted by atomic mass is 9.93. The first kappa shape index (κ1) is 27.9. The first-order valence-electron chi connectivity index (χ1n) is 11.9. The number of carbonyl (C=O) groups is 2. The van der Waals surface area contributed by atoms with Gasteiger partial charge in [-0.2, -0.15) is 0 Å². The van der Waals surface area contributed by atoms with Crippen LogP contribution in [-0.4, -0.2) is 29.6 Å². The lowest BCUT2D eigenvalue weighted by Gasteiger charge is -2.26. The minimum absolute atomic E-state index is 0.0293. The van der Waals surface area contributed by atoms with Gasteiger partial charge in [0.05, 0.1) is 12.1 Å². The molecule has 0 aromatic rings. The van der Waals surface area contributed by atoms with E-state index in [0.717, 1.165) is 12.8 Å². The van der Waals surface area contributed by atoms with Gasteiger partial charge in [0.25, 0.3) is 0 Å². The monoisotopic (exact) mass is 412 g/mol. The van der Waals surface area contributed by atoms with E-state index in [-0.39, 0.29) is 11.7 Å². The predicted molar refractivity (Wildman–Crippen MR) is 122 cm³/mol. The average Bonchev–Trinajstić information content (AvgIpc) is 2.61. The third-order valence-corrected chi connectivity index (χ3v) is 5.13. The highest BCUT2D eigenvalue weighted by atomic mass is 16.6. The maximum Gasteiger partial charge on any atom is 0.408 e. The molecule has 0 aromatic heterocycles. The van der Waals surface area contributed by atoms with Gasteiger partial charge in [0.2, 0.25) is 0 Å². The Bertz CT molecular complexity index is 444. The van der Waals surface area contributed by atoms with Crippen molar-refractivity contribution in [3.63, 3.8) is 0 Å². The molecule has 1 unspecified atom stereocenters. The molecule has 0 aromatic carbocycles. The van der Waals surface area contributed by atoms with E-state index >= 15 is 0 Å². The number of nitrogens with two attached hydrogens (primary N) is 1. The van der Waals surface area contributed by atoms with Crippen LogP contribution >= 0.6 is 0 Å². The van der Waals surface area contributed by atoms with Crippen molar-refractivity contribution in [2.75, 3.05) is 0 Å². The molecule has 29 heavy (non-hydrogen) atoms. The Balaban J connectivity index is 4.03. The van der Waals surface area contributed by atoms with Crippen molar-refractivity contribution in [3.8, 4) is 0 Å². The number of amides is 1. The first-order valence-corrected chi connectivity index (χ1v) is 11.9. The van der Waals surface area contributed by atoms with E-state index in [9.17, 15) is 9.59 Å². The number of hydrogen-bond donors (Lipinski definition) is 2. The number of carbonyl (C=O) groups excluding carboxylic acids is 2. The van der Waals surface area contributed by atoms with E-state index in [1.165, 1.54) is 57.8 Å². The molecule has 0 rings (SSSR count). The number of ether oxygens (including phenoxy) is 1. The van der Waals surface area contributed by atoms with Gasteiger partial charge in [-0.3, -0.25) is 4.79 Å². The Hall–Kier alpha value is -1.10. The minimum atomic E-state index is -0.604. The number of rotatable bonds is 16. The Morgan fingerprint density at radius 2 is 1.31 bits per heavy atom. The molecule has 0 saturated carbocycles. The Kier molecular flexibility index (Phi) is 15.1. The van der Waals surface area contributed by atoms with Crippen molar-refractivity contribution < 1.29 is 14.3 Å². The van der Waals surface area contributed by atoms with Crippen LogP contribution in [0.3, 0.4) is 0 Å². The third-order valence-electron chi connectivity index (χ3n) is 5.13. The maximum absolute atomic E-state index is 12.7. The highest BCUT2D eigenvalue weighted by Crippen LogP contribution is 2.14. The molecule has 0 saturated heterocycles. The van der Waals surface area contributed by atoms with Crippen molar-refractivity contribution in [3.05, 3.63) is 0 Å². The molecule has 3 N–H and O–H groups in total. The summed E-state index contributed by atoms with van der Waals surface area (Å²) in [5.74, 6) is -0.128. The van der Waals surface area contributed by atoms with Gasteiger partial charge in [0, 0.05) is 0 Å². The number of alkyl carbamates (subject to hydrolysis) is 1. The van der Waals surface area contributed by atoms with E-state index in [1.807, 2.05) is 13.8 Å². The summed E-state index contributed by atoms with van der Waals surface area (Å²) in [6.45, 7) is 11.5. The zero-order valence-electron chi connectivity index (χ0n) is 20.0. The van der Waals surface area contributed by atoms with Gasteiger partial charge in [0.15, 0.2) is 5.78 Å². The smallest absolute Gasteiger partial charge is 0.408 e. The van der Waals surface area contributed by atoms with E-state index < -0.39 is 23.8 Å². The predicted octanol–water partition coefficient (Wildman–Crippen LogP) is 6.13. The Morgan fingerprint density at radius 1 is 0.862 bits per heavy atom. The van der Waals surface area contributed by atoms with Crippen molar-refractivity contribution in [1.82, 2.24) is 5.32 Å². The molecule has 5 heteroatoms. The van der Waals surface area contributed by atoms with Gasteiger partial charge in [-0.1, -0.05) is 91.4 Å². The van der Waals surface area contributed by atoms with Crippen molar-refractivity contribution in [2.24, 2.45) is 11.7 Å². The fourth-order valence-corrected chi connectivity index (χ4v) is 3.40. The summed E-state index contributed by atoms with van der Waals surface area (Å²) in [7, 11) is 0. The van der Waals surface area contributed by atoms with Crippen molar-refractivity contribution >= 4 is 11.9 Å². The van der Waals surface area contributed by atoms with Crippen LogP contribution in [0.1, 0.15) is 119 Å². The largest absolute Gasteiger partial charge is 0.444 e. The Morgan fingerprint density at radius 3 is 1.72 bits per heavy atom. The molecular formula is C24H48N2O3. The van der Waals surface area contributed by atoms with Crippen molar-refractivity contribution in [2.45, 2.75) is 136 Å². The molecule has 0 aliphatic rings. The van der Waals surface area contributed by atoms with Crippen LogP contribution < -0.4 is 11.1 Å². The first-order chi connectivity index (χ1) is 13.6. The summed E-state index contributed by atoms with van der Waals surface area (Å²) in [6, 6.07) is -1.14. The summed E-state index contributed by atoms with van der Waals surface area (Å²) < 4.78 is 5.28. The number of hydrogen-bond acceptors (Lipinski definition) is 4.